The third-order valence-corrected chi connectivity index (χ3v) is 13.6. The van der Waals surface area contributed by atoms with Crippen LogP contribution >= 0.6 is 0 Å². The highest BCUT2D eigenvalue weighted by molar-refractivity contribution is 5.87. The van der Waals surface area contributed by atoms with Crippen molar-refractivity contribution in [1.29, 1.82) is 0 Å². The van der Waals surface area contributed by atoms with E-state index in [1.54, 1.807) is 46.1 Å². The molecule has 1 aliphatic heterocycles. The summed E-state index contributed by atoms with van der Waals surface area (Å²) in [5.74, 6) is 14.3. The van der Waals surface area contributed by atoms with Crippen LogP contribution in [0.1, 0.15) is 71.1 Å². The van der Waals surface area contributed by atoms with Gasteiger partial charge in [0.1, 0.15) is 12.9 Å². The lowest BCUT2D eigenvalue weighted by molar-refractivity contribution is -0.150. The smallest absolute Gasteiger partial charge is 0.333 e. The van der Waals surface area contributed by atoms with Crippen LogP contribution in [0.2, 0.25) is 0 Å². The molecule has 8 bridgehead atoms. The summed E-state index contributed by atoms with van der Waals surface area (Å²) in [5, 5.41) is 0. The van der Waals surface area contributed by atoms with E-state index in [-0.39, 0.29) is 18.4 Å². The molecule has 1 saturated heterocycles. The molecule has 0 radical (unpaired) electrons. The Kier molecular flexibility index (Phi) is 6.58. The minimum absolute atomic E-state index is 0.0868. The first-order valence-corrected chi connectivity index (χ1v) is 15.8. The monoisotopic (exact) mass is 524 g/mol. The summed E-state index contributed by atoms with van der Waals surface area (Å²) < 4.78 is 16.1. The van der Waals surface area contributed by atoms with Crippen LogP contribution in [0, 0.1) is 82.9 Å². The zero-order valence-electron chi connectivity index (χ0n) is 23.5. The van der Waals surface area contributed by atoms with Crippen LogP contribution in [0.15, 0.2) is 12.2 Å². The van der Waals surface area contributed by atoms with Crippen LogP contribution in [0.5, 0.6) is 0 Å². The van der Waals surface area contributed by atoms with Gasteiger partial charge in [0.25, 0.3) is 0 Å². The number of hydrogen-bond acceptors (Lipinski definition) is 5. The van der Waals surface area contributed by atoms with E-state index in [0.717, 1.165) is 96.4 Å². The number of esters is 1. The first-order chi connectivity index (χ1) is 18.5. The van der Waals surface area contributed by atoms with E-state index in [2.05, 4.69) is 6.58 Å². The van der Waals surface area contributed by atoms with Gasteiger partial charge in [-0.15, -0.1) is 0 Å². The van der Waals surface area contributed by atoms with Crippen LogP contribution in [0.3, 0.4) is 0 Å². The second-order valence-electron chi connectivity index (χ2n) is 14.6. The molecular weight excluding hydrogens is 476 g/mol. The molecular formula is C33H48O5. The zero-order valence-corrected chi connectivity index (χ0v) is 23.5. The lowest BCUT2D eigenvalue weighted by Gasteiger charge is -2.51. The molecule has 0 amide bonds. The van der Waals surface area contributed by atoms with Crippen molar-refractivity contribution < 1.29 is 23.8 Å². The summed E-state index contributed by atoms with van der Waals surface area (Å²) in [4.78, 5) is 20.2. The quantitative estimate of drug-likeness (QED) is 0.261. The van der Waals surface area contributed by atoms with Crippen LogP contribution in [-0.2, 0) is 23.8 Å². The minimum atomic E-state index is -0.139. The first-order valence-electron chi connectivity index (χ1n) is 15.8. The van der Waals surface area contributed by atoms with Gasteiger partial charge in [0.2, 0.25) is 0 Å². The van der Waals surface area contributed by atoms with Crippen molar-refractivity contribution in [2.24, 2.45) is 82.9 Å². The third-order valence-electron chi connectivity index (χ3n) is 13.6. The number of hydrogen-bond donors (Lipinski definition) is 0. The molecule has 9 fully saturated rings. The van der Waals surface area contributed by atoms with Crippen molar-refractivity contribution in [3.05, 3.63) is 12.2 Å². The van der Waals surface area contributed by atoms with Gasteiger partial charge in [0.05, 0.1) is 0 Å². The predicted molar refractivity (Wildman–Crippen MR) is 144 cm³/mol. The average Bonchev–Trinajstić information content (AvgIpc) is 3.78. The lowest BCUT2D eigenvalue weighted by atomic mass is 9.54. The number of rotatable bonds is 3. The Morgan fingerprint density at radius 3 is 1.82 bits per heavy atom. The van der Waals surface area contributed by atoms with Gasteiger partial charge in [-0.3, -0.25) is 0 Å². The minimum Gasteiger partial charge on any atom is -0.459 e. The Bertz CT molecular complexity index is 942. The van der Waals surface area contributed by atoms with Gasteiger partial charge >= 0.3 is 5.97 Å². The lowest BCUT2D eigenvalue weighted by Crippen LogP contribution is -2.48. The van der Waals surface area contributed by atoms with Crippen molar-refractivity contribution in [1.82, 2.24) is 0 Å². The van der Waals surface area contributed by atoms with E-state index < -0.39 is 0 Å². The first kappa shape index (κ1) is 25.7. The molecule has 8 saturated carbocycles. The van der Waals surface area contributed by atoms with Gasteiger partial charge in [0.15, 0.2) is 6.29 Å². The summed E-state index contributed by atoms with van der Waals surface area (Å²) >= 11 is 0. The summed E-state index contributed by atoms with van der Waals surface area (Å²) in [6.45, 7) is 8.47. The molecule has 0 spiro atoms. The van der Waals surface area contributed by atoms with Crippen molar-refractivity contribution in [3.63, 3.8) is 0 Å². The fraction of sp³-hybridized carbons (Fsp3) is 0.879. The maximum Gasteiger partial charge on any atom is 0.333 e. The van der Waals surface area contributed by atoms with Crippen LogP contribution in [0.25, 0.3) is 0 Å². The van der Waals surface area contributed by atoms with Crippen LogP contribution in [0.4, 0.5) is 0 Å². The van der Waals surface area contributed by atoms with E-state index >= 15 is 0 Å². The number of ether oxygens (including phenoxy) is 3. The van der Waals surface area contributed by atoms with Gasteiger partial charge in [0, 0.05) is 19.3 Å². The van der Waals surface area contributed by atoms with Crippen molar-refractivity contribution in [2.75, 3.05) is 13.7 Å². The summed E-state index contributed by atoms with van der Waals surface area (Å²) in [6.07, 6.45) is 14.3. The summed E-state index contributed by atoms with van der Waals surface area (Å²) in [5.41, 5.74) is 0.572. The Morgan fingerprint density at radius 1 is 0.711 bits per heavy atom. The maximum absolute atomic E-state index is 12.2. The Labute approximate surface area is 228 Å². The Balaban J connectivity index is 0.000000209. The van der Waals surface area contributed by atoms with Crippen LogP contribution in [-0.4, -0.2) is 38.9 Å². The maximum atomic E-state index is 12.2. The van der Waals surface area contributed by atoms with Gasteiger partial charge < -0.3 is 19.0 Å². The highest BCUT2D eigenvalue weighted by Gasteiger charge is 2.76. The molecule has 5 nitrogen and oxygen atoms in total. The predicted octanol–water partition coefficient (Wildman–Crippen LogP) is 5.92. The van der Waals surface area contributed by atoms with E-state index in [1.165, 1.54) is 19.3 Å². The number of methoxy groups -OCH3 is 1. The Hall–Kier alpha value is -1.20. The van der Waals surface area contributed by atoms with Gasteiger partial charge in [-0.1, -0.05) is 6.58 Å². The molecule has 0 aromatic rings. The molecule has 0 aromatic heterocycles. The molecule has 16 atom stereocenters. The molecule has 0 N–H and O–H groups in total. The molecule has 16 unspecified atom stereocenters. The van der Waals surface area contributed by atoms with Gasteiger partial charge in [-0.05, 0) is 154 Å². The number of fused-ring (bicyclic) bond motifs is 23. The second kappa shape index (κ2) is 9.72. The third kappa shape index (κ3) is 3.55. The van der Waals surface area contributed by atoms with Crippen LogP contribution < -0.4 is 0 Å². The zero-order chi connectivity index (χ0) is 26.3. The Morgan fingerprint density at radius 2 is 1.29 bits per heavy atom. The topological polar surface area (TPSA) is 61.8 Å². The number of carbonyl (C=O) groups excluding carboxylic acids is 2. The number of carbonyl (C=O) groups is 2. The van der Waals surface area contributed by atoms with Crippen molar-refractivity contribution in [3.8, 4) is 0 Å². The normalized spacial score (nSPS) is 54.9. The standard InChI is InChI=1S/C26H34O2.C6H12O2.CH2O/c1-10(2)26(27)28-19-7-13-6-14(19)23-18-9-17(22(13)23)24-15-8-16(25(18)24)21-12-4-3-11(5-12)20(15)21;1-7-6-4-2-3-5-8-6;1-2/h11-25H,1,3-9H2,2H3;6H,2-5H2,1H3;1H2. The molecule has 1 heterocycles. The fourth-order valence-corrected chi connectivity index (χ4v) is 13.2. The van der Waals surface area contributed by atoms with E-state index in [9.17, 15) is 4.79 Å². The molecule has 5 heteroatoms. The molecule has 9 rings (SSSR count). The summed E-state index contributed by atoms with van der Waals surface area (Å²) in [6, 6.07) is 0. The fourth-order valence-electron chi connectivity index (χ4n) is 13.2. The molecule has 0 aromatic carbocycles. The highest BCUT2D eigenvalue weighted by Crippen LogP contribution is 2.81. The average molecular weight is 525 g/mol. The van der Waals surface area contributed by atoms with Crippen molar-refractivity contribution in [2.45, 2.75) is 83.5 Å². The largest absolute Gasteiger partial charge is 0.459 e. The van der Waals surface area contributed by atoms with E-state index in [0.29, 0.717) is 11.5 Å². The van der Waals surface area contributed by atoms with Gasteiger partial charge in [-0.2, -0.15) is 0 Å². The summed E-state index contributed by atoms with van der Waals surface area (Å²) in [7, 11) is 1.69. The second-order valence-corrected chi connectivity index (χ2v) is 14.6. The SMILES string of the molecule is C=C(C)C(=O)OC1CC2CC1C1C3CC(C21)C1C2CC(C4C5CCC(C5)C24)C31.C=O.COC1CCCCO1. The highest BCUT2D eigenvalue weighted by atomic mass is 16.7. The van der Waals surface area contributed by atoms with Gasteiger partial charge in [-0.25, -0.2) is 4.79 Å². The molecule has 9 aliphatic rings. The molecule has 38 heavy (non-hydrogen) atoms. The molecule has 8 aliphatic carbocycles. The van der Waals surface area contributed by atoms with Crippen molar-refractivity contribution >= 4 is 12.8 Å². The van der Waals surface area contributed by atoms with E-state index in [1.807, 2.05) is 6.79 Å². The van der Waals surface area contributed by atoms with E-state index in [4.69, 9.17) is 19.0 Å². The molecule has 210 valence electrons.